The van der Waals surface area contributed by atoms with Gasteiger partial charge in [0.1, 0.15) is 12.1 Å². The Balaban J connectivity index is 1.88. The van der Waals surface area contributed by atoms with Gasteiger partial charge in [-0.15, -0.1) is 0 Å². The fourth-order valence-corrected chi connectivity index (χ4v) is 6.59. The number of likely N-dealkylation sites (tertiary alicyclic amines) is 1. The Kier molecular flexibility index (Phi) is 10.3. The Morgan fingerprint density at radius 2 is 1.80 bits per heavy atom. The number of carbonyl (C=O) groups is 5. The first kappa shape index (κ1) is 32.0. The van der Waals surface area contributed by atoms with Gasteiger partial charge in [-0.2, -0.15) is 8.78 Å². The van der Waals surface area contributed by atoms with Crippen molar-refractivity contribution in [1.82, 2.24) is 26.0 Å². The smallest absolute Gasteiger partial charge is 0.315 e. The van der Waals surface area contributed by atoms with Crippen molar-refractivity contribution < 1.29 is 37.1 Å². The van der Waals surface area contributed by atoms with Crippen LogP contribution in [0.1, 0.15) is 66.2 Å². The van der Waals surface area contributed by atoms with Crippen LogP contribution in [0.4, 0.5) is 13.2 Å². The highest BCUT2D eigenvalue weighted by Crippen LogP contribution is 2.43. The number of halogens is 4. The van der Waals surface area contributed by atoms with E-state index in [2.05, 4.69) is 16.1 Å². The molecule has 3 fully saturated rings. The van der Waals surface area contributed by atoms with Crippen LogP contribution in [-0.2, 0) is 24.0 Å². The molecule has 1 aliphatic carbocycles. The maximum Gasteiger partial charge on any atom is 0.315 e. The molecule has 14 heteroatoms. The van der Waals surface area contributed by atoms with Gasteiger partial charge in [-0.05, 0) is 50.9 Å². The molecule has 2 heterocycles. The summed E-state index contributed by atoms with van der Waals surface area (Å²) < 4.78 is 40.2. The molecule has 0 bridgehead atoms. The Morgan fingerprint density at radius 3 is 2.33 bits per heavy atom. The monoisotopic (exact) mass is 593 g/mol. The van der Waals surface area contributed by atoms with Gasteiger partial charge in [0.25, 0.3) is 23.4 Å². The Hall–Kier alpha value is -2.57. The molecule has 3 rings (SSSR count). The number of fused-ring (bicyclic) bond motifs is 1. The zero-order valence-corrected chi connectivity index (χ0v) is 24.0. The fourth-order valence-electron chi connectivity index (χ4n) is 6.48. The van der Waals surface area contributed by atoms with Crippen molar-refractivity contribution in [2.75, 3.05) is 13.1 Å². The molecule has 2 aliphatic heterocycles. The lowest BCUT2D eigenvalue weighted by atomic mass is 9.91. The molecule has 5 amide bonds. The fraction of sp³-hybridized carbons (Fsp3) is 0.808. The van der Waals surface area contributed by atoms with Gasteiger partial charge in [0, 0.05) is 12.1 Å². The van der Waals surface area contributed by atoms with Crippen LogP contribution in [0.15, 0.2) is 0 Å². The van der Waals surface area contributed by atoms with E-state index in [0.717, 1.165) is 12.8 Å². The third-order valence-electron chi connectivity index (χ3n) is 8.41. The van der Waals surface area contributed by atoms with E-state index in [4.69, 9.17) is 11.6 Å². The molecule has 1 saturated carbocycles. The third-order valence-corrected chi connectivity index (χ3v) is 8.60. The van der Waals surface area contributed by atoms with Crippen molar-refractivity contribution >= 4 is 41.1 Å². The SMILES string of the molecule is CCC(CC)[C@H](NC(=O)C(F)F)C(=O)N1C[C@@H]2CCC[C@@H]2[C@H]1C(=O)NN(C[C@@H]1CC(C)(C)NC1=O)C(=O)[C@@H](F)Cl. The highest BCUT2D eigenvalue weighted by molar-refractivity contribution is 6.29. The Morgan fingerprint density at radius 1 is 1.15 bits per heavy atom. The first-order valence-corrected chi connectivity index (χ1v) is 14.2. The number of amides is 5. The van der Waals surface area contributed by atoms with Crippen LogP contribution in [0.2, 0.25) is 0 Å². The second-order valence-corrected chi connectivity index (χ2v) is 12.0. The normalized spacial score (nSPS) is 26.9. The van der Waals surface area contributed by atoms with Gasteiger partial charge < -0.3 is 15.5 Å². The molecule has 2 saturated heterocycles. The van der Waals surface area contributed by atoms with E-state index in [-0.39, 0.29) is 30.8 Å². The van der Waals surface area contributed by atoms with E-state index in [9.17, 15) is 37.1 Å². The quantitative estimate of drug-likeness (QED) is 0.264. The summed E-state index contributed by atoms with van der Waals surface area (Å²) in [6, 6.07) is -2.36. The number of nitrogens with zero attached hydrogens (tertiary/aromatic N) is 2. The summed E-state index contributed by atoms with van der Waals surface area (Å²) in [7, 11) is 0. The molecular weight excluding hydrogens is 555 g/mol. The minimum atomic E-state index is -3.32. The maximum absolute atomic E-state index is 13.9. The van der Waals surface area contributed by atoms with Gasteiger partial charge in [0.05, 0.1) is 12.5 Å². The van der Waals surface area contributed by atoms with Crippen LogP contribution in [0.3, 0.4) is 0 Å². The number of rotatable bonds is 10. The standard InChI is InChI=1S/C26H39ClF3N5O5/c1-5-13(6-2)17(31-23(38)20(29)30)24(39)34-11-14-8-7-9-16(14)18(34)22(37)33-35(25(40)19(27)28)12-15-10-26(3,4)32-21(15)36/h13-20H,5-12H2,1-4H3,(H,31,38)(H,32,36)(H,33,37)/t14-,15-,16-,17-,18-,19+/m0/s1. The molecule has 226 valence electrons. The van der Waals surface area contributed by atoms with Crippen molar-refractivity contribution in [1.29, 1.82) is 0 Å². The lowest BCUT2D eigenvalue weighted by Gasteiger charge is -2.35. The predicted molar refractivity (Wildman–Crippen MR) is 139 cm³/mol. The molecule has 3 aliphatic rings. The number of hydrazine groups is 1. The van der Waals surface area contributed by atoms with Gasteiger partial charge in [0.15, 0.2) is 0 Å². The first-order valence-electron chi connectivity index (χ1n) is 13.8. The van der Waals surface area contributed by atoms with E-state index in [1.807, 2.05) is 0 Å². The van der Waals surface area contributed by atoms with E-state index >= 15 is 0 Å². The Labute approximate surface area is 237 Å². The molecule has 0 spiro atoms. The van der Waals surface area contributed by atoms with Crippen LogP contribution in [-0.4, -0.2) is 82.2 Å². The minimum Gasteiger partial charge on any atom is -0.351 e. The van der Waals surface area contributed by atoms with E-state index in [1.54, 1.807) is 27.7 Å². The zero-order chi connectivity index (χ0) is 29.9. The number of nitrogens with one attached hydrogen (secondary N) is 3. The average Bonchev–Trinajstić information content (AvgIpc) is 3.54. The second kappa shape index (κ2) is 12.9. The van der Waals surface area contributed by atoms with Crippen molar-refractivity contribution in [3.05, 3.63) is 0 Å². The molecule has 0 unspecified atom stereocenters. The first-order chi connectivity index (χ1) is 18.7. The summed E-state index contributed by atoms with van der Waals surface area (Å²) in [6.07, 6.45) is 0.0136. The van der Waals surface area contributed by atoms with Gasteiger partial charge >= 0.3 is 6.43 Å². The van der Waals surface area contributed by atoms with Crippen molar-refractivity contribution in [3.8, 4) is 0 Å². The van der Waals surface area contributed by atoms with Gasteiger partial charge in [-0.25, -0.2) is 9.40 Å². The van der Waals surface area contributed by atoms with E-state index in [1.165, 1.54) is 4.90 Å². The molecule has 0 aromatic carbocycles. The number of alkyl halides is 4. The van der Waals surface area contributed by atoms with Crippen LogP contribution in [0.5, 0.6) is 0 Å². The summed E-state index contributed by atoms with van der Waals surface area (Å²) in [5.74, 6) is -6.13. The lowest BCUT2D eigenvalue weighted by Crippen LogP contribution is -2.60. The number of hydrogen-bond donors (Lipinski definition) is 3. The average molecular weight is 594 g/mol. The number of carbonyl (C=O) groups excluding carboxylic acids is 5. The zero-order valence-electron chi connectivity index (χ0n) is 23.2. The third kappa shape index (κ3) is 7.01. The lowest BCUT2D eigenvalue weighted by molar-refractivity contribution is -0.150. The van der Waals surface area contributed by atoms with Crippen molar-refractivity contribution in [2.45, 2.75) is 95.9 Å². The summed E-state index contributed by atoms with van der Waals surface area (Å²) in [4.78, 5) is 65.8. The van der Waals surface area contributed by atoms with Crippen LogP contribution >= 0.6 is 11.6 Å². The molecule has 10 nitrogen and oxygen atoms in total. The molecule has 0 aromatic heterocycles. The van der Waals surface area contributed by atoms with E-state index < -0.39 is 65.1 Å². The summed E-state index contributed by atoms with van der Waals surface area (Å²) >= 11 is 5.42. The van der Waals surface area contributed by atoms with Crippen LogP contribution < -0.4 is 16.1 Å². The molecular formula is C26H39ClF3N5O5. The highest BCUT2D eigenvalue weighted by Gasteiger charge is 2.52. The summed E-state index contributed by atoms with van der Waals surface area (Å²) in [5.41, 5.74) is -0.638. The highest BCUT2D eigenvalue weighted by atomic mass is 35.5. The van der Waals surface area contributed by atoms with Crippen molar-refractivity contribution in [2.24, 2.45) is 23.7 Å². The molecule has 0 aromatic rings. The van der Waals surface area contributed by atoms with Crippen LogP contribution in [0, 0.1) is 23.7 Å². The Bertz CT molecular complexity index is 996. The summed E-state index contributed by atoms with van der Waals surface area (Å²) in [5, 5.41) is 5.63. The second-order valence-electron chi connectivity index (χ2n) is 11.7. The van der Waals surface area contributed by atoms with Crippen LogP contribution in [0.25, 0.3) is 0 Å². The maximum atomic E-state index is 13.9. The largest absolute Gasteiger partial charge is 0.351 e. The number of hydrogen-bond acceptors (Lipinski definition) is 5. The summed E-state index contributed by atoms with van der Waals surface area (Å²) in [6.45, 7) is 6.98. The molecule has 40 heavy (non-hydrogen) atoms. The molecule has 3 N–H and O–H groups in total. The van der Waals surface area contributed by atoms with Crippen molar-refractivity contribution in [3.63, 3.8) is 0 Å². The predicted octanol–water partition coefficient (Wildman–Crippen LogP) is 2.11. The van der Waals surface area contributed by atoms with Gasteiger partial charge in [-0.1, -0.05) is 44.7 Å². The van der Waals surface area contributed by atoms with Gasteiger partial charge in [0.2, 0.25) is 11.8 Å². The van der Waals surface area contributed by atoms with Gasteiger partial charge in [-0.3, -0.25) is 29.4 Å². The molecule has 0 radical (unpaired) electrons. The molecule has 6 atom stereocenters. The van der Waals surface area contributed by atoms with E-state index in [0.29, 0.717) is 30.7 Å². The minimum absolute atomic E-state index is 0.0413. The topological polar surface area (TPSA) is 128 Å².